The molecule has 1 fully saturated rings. The van der Waals surface area contributed by atoms with Crippen LogP contribution in [0.1, 0.15) is 37.1 Å². The lowest BCUT2D eigenvalue weighted by Gasteiger charge is -2.37. The fraction of sp³-hybridized carbons (Fsp3) is 0.706. The SMILES string of the molecule is CNC(=O)C[C@]1(COC)CCCN1C(=O)CCn1nc(C)cc1C. The summed E-state index contributed by atoms with van der Waals surface area (Å²) in [7, 11) is 3.23. The number of hydrogen-bond acceptors (Lipinski definition) is 4. The fourth-order valence-corrected chi connectivity index (χ4v) is 3.61. The zero-order valence-corrected chi connectivity index (χ0v) is 15.1. The molecule has 0 saturated carbocycles. The predicted molar refractivity (Wildman–Crippen MR) is 90.6 cm³/mol. The van der Waals surface area contributed by atoms with Crippen molar-refractivity contribution in [3.8, 4) is 0 Å². The topological polar surface area (TPSA) is 76.5 Å². The van der Waals surface area contributed by atoms with Crippen LogP contribution in [0.2, 0.25) is 0 Å². The number of hydrogen-bond donors (Lipinski definition) is 1. The summed E-state index contributed by atoms with van der Waals surface area (Å²) in [6, 6.07) is 2.00. The van der Waals surface area contributed by atoms with Gasteiger partial charge >= 0.3 is 0 Å². The van der Waals surface area contributed by atoms with Gasteiger partial charge in [-0.2, -0.15) is 5.10 Å². The van der Waals surface area contributed by atoms with Gasteiger partial charge in [-0.25, -0.2) is 0 Å². The van der Waals surface area contributed by atoms with Gasteiger partial charge in [-0.3, -0.25) is 14.3 Å². The highest BCUT2D eigenvalue weighted by atomic mass is 16.5. The van der Waals surface area contributed by atoms with E-state index in [2.05, 4.69) is 10.4 Å². The van der Waals surface area contributed by atoms with Crippen molar-refractivity contribution in [3.63, 3.8) is 0 Å². The molecule has 0 spiro atoms. The third-order valence-electron chi connectivity index (χ3n) is 4.72. The molecule has 1 aromatic heterocycles. The summed E-state index contributed by atoms with van der Waals surface area (Å²) in [6.07, 6.45) is 2.34. The molecule has 2 amide bonds. The Morgan fingerprint density at radius 1 is 1.42 bits per heavy atom. The van der Waals surface area contributed by atoms with E-state index < -0.39 is 5.54 Å². The van der Waals surface area contributed by atoms with E-state index in [4.69, 9.17) is 4.74 Å². The lowest BCUT2D eigenvalue weighted by molar-refractivity contribution is -0.139. The van der Waals surface area contributed by atoms with E-state index in [-0.39, 0.29) is 18.2 Å². The quantitative estimate of drug-likeness (QED) is 0.807. The van der Waals surface area contributed by atoms with Gasteiger partial charge in [-0.1, -0.05) is 0 Å². The number of ether oxygens (including phenoxy) is 1. The van der Waals surface area contributed by atoms with Crippen molar-refractivity contribution < 1.29 is 14.3 Å². The van der Waals surface area contributed by atoms with Crippen LogP contribution in [-0.4, -0.2) is 59.3 Å². The van der Waals surface area contributed by atoms with E-state index in [9.17, 15) is 9.59 Å². The number of methoxy groups -OCH3 is 1. The highest BCUT2D eigenvalue weighted by molar-refractivity contribution is 5.81. The first-order valence-electron chi connectivity index (χ1n) is 8.43. The Morgan fingerprint density at radius 3 is 2.75 bits per heavy atom. The van der Waals surface area contributed by atoms with E-state index in [1.807, 2.05) is 29.5 Å². The van der Waals surface area contributed by atoms with Crippen LogP contribution >= 0.6 is 0 Å². The van der Waals surface area contributed by atoms with Crippen molar-refractivity contribution in [2.45, 2.75) is 51.6 Å². The Balaban J connectivity index is 2.07. The van der Waals surface area contributed by atoms with Gasteiger partial charge in [0.1, 0.15) is 0 Å². The third-order valence-corrected chi connectivity index (χ3v) is 4.72. The summed E-state index contributed by atoms with van der Waals surface area (Å²) in [6.45, 7) is 5.54. The molecule has 1 saturated heterocycles. The summed E-state index contributed by atoms with van der Waals surface area (Å²) >= 11 is 0. The number of aromatic nitrogens is 2. The molecule has 1 atom stereocenters. The molecule has 1 aromatic rings. The predicted octanol–water partition coefficient (Wildman–Crippen LogP) is 1.03. The molecule has 2 heterocycles. The minimum absolute atomic E-state index is 0.0565. The van der Waals surface area contributed by atoms with Gasteiger partial charge in [0.05, 0.1) is 24.3 Å². The van der Waals surface area contributed by atoms with Crippen molar-refractivity contribution in [1.82, 2.24) is 20.0 Å². The maximum Gasteiger partial charge on any atom is 0.224 e. The van der Waals surface area contributed by atoms with Crippen molar-refractivity contribution in [1.29, 1.82) is 0 Å². The first-order valence-corrected chi connectivity index (χ1v) is 8.43. The van der Waals surface area contributed by atoms with Crippen LogP contribution in [0.15, 0.2) is 6.07 Å². The van der Waals surface area contributed by atoms with Crippen LogP contribution in [0.4, 0.5) is 0 Å². The van der Waals surface area contributed by atoms with Crippen LogP contribution in [0.3, 0.4) is 0 Å². The molecule has 0 unspecified atom stereocenters. The minimum Gasteiger partial charge on any atom is -0.382 e. The molecule has 1 aliphatic heterocycles. The number of aryl methyl sites for hydroxylation is 3. The number of likely N-dealkylation sites (tertiary alicyclic amines) is 1. The van der Waals surface area contributed by atoms with E-state index >= 15 is 0 Å². The molecule has 1 aliphatic rings. The summed E-state index contributed by atoms with van der Waals surface area (Å²) in [5.41, 5.74) is 1.48. The van der Waals surface area contributed by atoms with Crippen LogP contribution in [0.5, 0.6) is 0 Å². The molecule has 0 aliphatic carbocycles. The highest BCUT2D eigenvalue weighted by Gasteiger charge is 2.44. The zero-order chi connectivity index (χ0) is 17.7. The fourth-order valence-electron chi connectivity index (χ4n) is 3.61. The number of nitrogens with one attached hydrogen (secondary N) is 1. The molecular formula is C17H28N4O3. The molecule has 0 bridgehead atoms. The molecule has 2 rings (SSSR count). The average molecular weight is 336 g/mol. The second-order valence-corrected chi connectivity index (χ2v) is 6.56. The van der Waals surface area contributed by atoms with E-state index in [0.29, 0.717) is 26.1 Å². The second-order valence-electron chi connectivity index (χ2n) is 6.56. The van der Waals surface area contributed by atoms with Gasteiger partial charge in [-0.05, 0) is 32.8 Å². The van der Waals surface area contributed by atoms with Crippen LogP contribution in [0, 0.1) is 13.8 Å². The lowest BCUT2D eigenvalue weighted by atomic mass is 9.92. The van der Waals surface area contributed by atoms with E-state index in [0.717, 1.165) is 24.2 Å². The highest BCUT2D eigenvalue weighted by Crippen LogP contribution is 2.33. The molecule has 0 radical (unpaired) electrons. The average Bonchev–Trinajstić information content (AvgIpc) is 3.08. The standard InChI is InChI=1S/C17H28N4O3/c1-13-10-14(2)21(19-13)9-6-16(23)20-8-5-7-17(20,12-24-4)11-15(22)18-3/h10H,5-9,11-12H2,1-4H3,(H,18,22)/t17-/m0/s1. The number of nitrogens with zero attached hydrogens (tertiary/aromatic N) is 3. The Morgan fingerprint density at radius 2 is 2.17 bits per heavy atom. The molecule has 1 N–H and O–H groups in total. The van der Waals surface area contributed by atoms with Gasteiger partial charge in [0.25, 0.3) is 0 Å². The number of carbonyl (C=O) groups excluding carboxylic acids is 2. The maximum atomic E-state index is 12.8. The molecule has 7 nitrogen and oxygen atoms in total. The van der Waals surface area contributed by atoms with Gasteiger partial charge in [-0.15, -0.1) is 0 Å². The summed E-state index contributed by atoms with van der Waals surface area (Å²) in [5, 5.41) is 7.06. The zero-order valence-electron chi connectivity index (χ0n) is 15.1. The summed E-state index contributed by atoms with van der Waals surface area (Å²) in [5.74, 6) is -0.00805. The van der Waals surface area contributed by atoms with Crippen molar-refractivity contribution in [2.75, 3.05) is 27.3 Å². The van der Waals surface area contributed by atoms with Gasteiger partial charge in [0, 0.05) is 39.4 Å². The third kappa shape index (κ3) is 3.95. The monoisotopic (exact) mass is 336 g/mol. The smallest absolute Gasteiger partial charge is 0.224 e. The lowest BCUT2D eigenvalue weighted by Crippen LogP contribution is -2.53. The molecule has 7 heteroatoms. The minimum atomic E-state index is -0.527. The Labute approximate surface area is 143 Å². The number of rotatable bonds is 7. The van der Waals surface area contributed by atoms with Gasteiger partial charge in [0.15, 0.2) is 0 Å². The Hall–Kier alpha value is -1.89. The Kier molecular flexibility index (Phi) is 5.99. The number of amides is 2. The van der Waals surface area contributed by atoms with Crippen LogP contribution < -0.4 is 5.32 Å². The number of carbonyl (C=O) groups is 2. The van der Waals surface area contributed by atoms with Crippen molar-refractivity contribution in [2.24, 2.45) is 0 Å². The largest absolute Gasteiger partial charge is 0.382 e. The van der Waals surface area contributed by atoms with Crippen molar-refractivity contribution in [3.05, 3.63) is 17.5 Å². The van der Waals surface area contributed by atoms with E-state index in [1.54, 1.807) is 14.2 Å². The summed E-state index contributed by atoms with van der Waals surface area (Å²) in [4.78, 5) is 26.6. The van der Waals surface area contributed by atoms with Crippen LogP contribution in [0.25, 0.3) is 0 Å². The first-order chi connectivity index (χ1) is 11.4. The van der Waals surface area contributed by atoms with E-state index in [1.165, 1.54) is 0 Å². The summed E-state index contributed by atoms with van der Waals surface area (Å²) < 4.78 is 7.21. The van der Waals surface area contributed by atoms with Gasteiger partial charge in [0.2, 0.25) is 11.8 Å². The Bertz CT molecular complexity index is 599. The second kappa shape index (κ2) is 7.79. The molecule has 24 heavy (non-hydrogen) atoms. The first kappa shape index (κ1) is 18.4. The normalized spacial score (nSPS) is 20.4. The van der Waals surface area contributed by atoms with Gasteiger partial charge < -0.3 is 15.0 Å². The molecular weight excluding hydrogens is 308 g/mol. The maximum absolute atomic E-state index is 12.8. The van der Waals surface area contributed by atoms with Crippen LogP contribution in [-0.2, 0) is 20.9 Å². The van der Waals surface area contributed by atoms with Crippen molar-refractivity contribution >= 4 is 11.8 Å². The molecule has 134 valence electrons. The molecule has 0 aromatic carbocycles.